The number of ether oxygens (including phenoxy) is 1. The van der Waals surface area contributed by atoms with E-state index in [0.717, 1.165) is 25.1 Å². The lowest BCUT2D eigenvalue weighted by Gasteiger charge is -2.16. The molecule has 1 atom stereocenters. The van der Waals surface area contributed by atoms with E-state index in [4.69, 9.17) is 29.2 Å². The molecule has 0 aliphatic carbocycles. The van der Waals surface area contributed by atoms with Crippen LogP contribution in [0.2, 0.25) is 0 Å². The first-order chi connectivity index (χ1) is 11.0. The Balaban J connectivity index is 1.66. The molecule has 0 amide bonds. The van der Waals surface area contributed by atoms with Crippen molar-refractivity contribution in [3.05, 3.63) is 29.8 Å². The third-order valence-electron chi connectivity index (χ3n) is 3.64. The van der Waals surface area contributed by atoms with E-state index in [0.29, 0.717) is 22.7 Å². The highest BCUT2D eigenvalue weighted by Gasteiger charge is 2.15. The van der Waals surface area contributed by atoms with Crippen molar-refractivity contribution >= 4 is 40.3 Å². The van der Waals surface area contributed by atoms with Crippen molar-refractivity contribution in [2.45, 2.75) is 38.7 Å². The molecule has 0 saturated carbocycles. The SMILES string of the molecule is CC(C)c1ccc(NC(=S)NNC(=S)NC[C@@H]2CCCO2)cc1. The van der Waals surface area contributed by atoms with Gasteiger partial charge >= 0.3 is 0 Å². The molecule has 4 N–H and O–H groups in total. The molecule has 1 aliphatic rings. The van der Waals surface area contributed by atoms with E-state index >= 15 is 0 Å². The van der Waals surface area contributed by atoms with Crippen molar-refractivity contribution < 1.29 is 4.74 Å². The van der Waals surface area contributed by atoms with Gasteiger partial charge in [0, 0.05) is 18.8 Å². The van der Waals surface area contributed by atoms with Gasteiger partial charge in [-0.2, -0.15) is 0 Å². The van der Waals surface area contributed by atoms with Gasteiger partial charge in [0.05, 0.1) is 6.10 Å². The Morgan fingerprint density at radius 1 is 1.17 bits per heavy atom. The third-order valence-corrected chi connectivity index (χ3v) is 4.09. The van der Waals surface area contributed by atoms with Gasteiger partial charge in [0.1, 0.15) is 0 Å². The van der Waals surface area contributed by atoms with Crippen molar-refractivity contribution in [2.24, 2.45) is 0 Å². The summed E-state index contributed by atoms with van der Waals surface area (Å²) in [7, 11) is 0. The standard InChI is InChI=1S/C16H24N4OS2/c1-11(2)12-5-7-13(8-6-12)18-16(23)20-19-15(22)17-10-14-4-3-9-21-14/h5-8,11,14H,3-4,9-10H2,1-2H3,(H2,17,19,22)(H2,18,20,23)/t14-/m0/s1. The van der Waals surface area contributed by atoms with Crippen LogP contribution in [0, 0.1) is 0 Å². The lowest BCUT2D eigenvalue weighted by atomic mass is 10.0. The average Bonchev–Trinajstić information content (AvgIpc) is 3.05. The maximum atomic E-state index is 5.53. The van der Waals surface area contributed by atoms with Gasteiger partial charge in [-0.05, 0) is 60.9 Å². The van der Waals surface area contributed by atoms with Crippen LogP contribution in [0.3, 0.4) is 0 Å². The van der Waals surface area contributed by atoms with Gasteiger partial charge in [-0.25, -0.2) is 0 Å². The number of rotatable bonds is 4. The number of hydrogen-bond acceptors (Lipinski definition) is 3. The van der Waals surface area contributed by atoms with Gasteiger partial charge in [0.25, 0.3) is 0 Å². The summed E-state index contributed by atoms with van der Waals surface area (Å²) in [5, 5.41) is 7.18. The summed E-state index contributed by atoms with van der Waals surface area (Å²) in [5.74, 6) is 0.517. The molecule has 5 nitrogen and oxygen atoms in total. The molecule has 1 heterocycles. The third kappa shape index (κ3) is 6.29. The molecule has 0 spiro atoms. The van der Waals surface area contributed by atoms with Gasteiger partial charge in [-0.3, -0.25) is 10.9 Å². The molecule has 1 aromatic carbocycles. The molecule has 126 valence electrons. The number of thiocarbonyl (C=S) groups is 2. The van der Waals surface area contributed by atoms with Crippen molar-refractivity contribution in [1.82, 2.24) is 16.2 Å². The van der Waals surface area contributed by atoms with Gasteiger partial charge in [-0.1, -0.05) is 26.0 Å². The molecule has 1 aliphatic heterocycles. The lowest BCUT2D eigenvalue weighted by molar-refractivity contribution is 0.114. The summed E-state index contributed by atoms with van der Waals surface area (Å²) in [5.41, 5.74) is 7.97. The van der Waals surface area contributed by atoms with E-state index in [1.54, 1.807) is 0 Å². The highest BCUT2D eigenvalue weighted by atomic mass is 32.1. The average molecular weight is 353 g/mol. The summed E-state index contributed by atoms with van der Waals surface area (Å²) in [6, 6.07) is 8.21. The van der Waals surface area contributed by atoms with Crippen LogP contribution >= 0.6 is 24.4 Å². The Morgan fingerprint density at radius 3 is 2.48 bits per heavy atom. The second-order valence-electron chi connectivity index (χ2n) is 5.83. The van der Waals surface area contributed by atoms with Crippen LogP contribution in [0.1, 0.15) is 38.2 Å². The summed E-state index contributed by atoms with van der Waals surface area (Å²) >= 11 is 10.4. The molecule has 1 aromatic rings. The normalized spacial score (nSPS) is 16.9. The zero-order chi connectivity index (χ0) is 16.7. The van der Waals surface area contributed by atoms with Crippen molar-refractivity contribution in [1.29, 1.82) is 0 Å². The summed E-state index contributed by atoms with van der Waals surface area (Å²) in [6.07, 6.45) is 2.45. The Morgan fingerprint density at radius 2 is 1.87 bits per heavy atom. The predicted molar refractivity (Wildman–Crippen MR) is 103 cm³/mol. The summed E-state index contributed by atoms with van der Waals surface area (Å²) in [4.78, 5) is 0. The molecule has 23 heavy (non-hydrogen) atoms. The van der Waals surface area contributed by atoms with Gasteiger partial charge in [-0.15, -0.1) is 0 Å². The minimum Gasteiger partial charge on any atom is -0.376 e. The zero-order valence-electron chi connectivity index (χ0n) is 13.5. The van der Waals surface area contributed by atoms with Gasteiger partial charge in [0.2, 0.25) is 0 Å². The first-order valence-electron chi connectivity index (χ1n) is 7.87. The fourth-order valence-corrected chi connectivity index (χ4v) is 2.59. The van der Waals surface area contributed by atoms with Crippen molar-refractivity contribution in [3.63, 3.8) is 0 Å². The quantitative estimate of drug-likeness (QED) is 0.491. The number of hydrogen-bond donors (Lipinski definition) is 4. The van der Waals surface area contributed by atoms with Gasteiger partial charge < -0.3 is 15.4 Å². The van der Waals surface area contributed by atoms with E-state index in [2.05, 4.69) is 47.5 Å². The Bertz CT molecular complexity index is 527. The fraction of sp³-hybridized carbons (Fsp3) is 0.500. The van der Waals surface area contributed by atoms with Crippen molar-refractivity contribution in [3.8, 4) is 0 Å². The zero-order valence-corrected chi connectivity index (χ0v) is 15.2. The molecule has 0 aromatic heterocycles. The predicted octanol–water partition coefficient (Wildman–Crippen LogP) is 2.65. The first kappa shape index (κ1) is 17.9. The Hall–Kier alpha value is -1.44. The molecular formula is C16H24N4OS2. The van der Waals surface area contributed by atoms with E-state index in [1.165, 1.54) is 5.56 Å². The summed E-state index contributed by atoms with van der Waals surface area (Å²) in [6.45, 7) is 5.89. The van der Waals surface area contributed by atoms with E-state index in [9.17, 15) is 0 Å². The number of anilines is 1. The Kier molecular flexibility index (Phi) is 7.01. The molecule has 1 saturated heterocycles. The molecule has 0 bridgehead atoms. The summed E-state index contributed by atoms with van der Waals surface area (Å²) < 4.78 is 5.53. The molecule has 0 unspecified atom stereocenters. The maximum Gasteiger partial charge on any atom is 0.189 e. The minimum atomic E-state index is 0.249. The number of hydrazine groups is 1. The van der Waals surface area contributed by atoms with E-state index in [1.807, 2.05) is 12.1 Å². The van der Waals surface area contributed by atoms with Crippen LogP contribution < -0.4 is 21.5 Å². The second kappa shape index (κ2) is 9.00. The number of benzene rings is 1. The monoisotopic (exact) mass is 352 g/mol. The van der Waals surface area contributed by atoms with Crippen LogP contribution in [-0.2, 0) is 4.74 Å². The van der Waals surface area contributed by atoms with Crippen LogP contribution in [0.15, 0.2) is 24.3 Å². The number of nitrogens with one attached hydrogen (secondary N) is 4. The van der Waals surface area contributed by atoms with E-state index in [-0.39, 0.29) is 6.10 Å². The van der Waals surface area contributed by atoms with Crippen molar-refractivity contribution in [2.75, 3.05) is 18.5 Å². The lowest BCUT2D eigenvalue weighted by Crippen LogP contribution is -2.49. The minimum absolute atomic E-state index is 0.249. The topological polar surface area (TPSA) is 57.3 Å². The molecule has 1 fully saturated rings. The van der Waals surface area contributed by atoms with Crippen LogP contribution in [0.4, 0.5) is 5.69 Å². The van der Waals surface area contributed by atoms with Gasteiger partial charge in [0.15, 0.2) is 10.2 Å². The Labute approximate surface area is 148 Å². The maximum absolute atomic E-state index is 5.53. The molecule has 7 heteroatoms. The fourth-order valence-electron chi connectivity index (χ4n) is 2.28. The van der Waals surface area contributed by atoms with Crippen LogP contribution in [0.5, 0.6) is 0 Å². The molecule has 2 rings (SSSR count). The molecular weight excluding hydrogens is 328 g/mol. The smallest absolute Gasteiger partial charge is 0.189 e. The highest BCUT2D eigenvalue weighted by Crippen LogP contribution is 2.16. The molecule has 0 radical (unpaired) electrons. The van der Waals surface area contributed by atoms with E-state index < -0.39 is 0 Å². The van der Waals surface area contributed by atoms with Crippen LogP contribution in [-0.4, -0.2) is 29.5 Å². The highest BCUT2D eigenvalue weighted by molar-refractivity contribution is 7.80. The largest absolute Gasteiger partial charge is 0.376 e. The second-order valence-corrected chi connectivity index (χ2v) is 6.64. The van der Waals surface area contributed by atoms with Crippen LogP contribution in [0.25, 0.3) is 0 Å². The first-order valence-corrected chi connectivity index (χ1v) is 8.68.